The minimum Gasteiger partial charge on any atom is -0.374 e. The van der Waals surface area contributed by atoms with Crippen LogP contribution in [-0.2, 0) is 4.74 Å². The number of hydrogen-bond donors (Lipinski definition) is 1. The van der Waals surface area contributed by atoms with Crippen molar-refractivity contribution in [1.29, 1.82) is 0 Å². The molecule has 0 aromatic heterocycles. The van der Waals surface area contributed by atoms with Crippen LogP contribution in [0.15, 0.2) is 0 Å². The highest BCUT2D eigenvalue weighted by molar-refractivity contribution is 4.99. The lowest BCUT2D eigenvalue weighted by Gasteiger charge is -2.54. The lowest BCUT2D eigenvalue weighted by molar-refractivity contribution is -0.155. The van der Waals surface area contributed by atoms with E-state index >= 15 is 0 Å². The summed E-state index contributed by atoms with van der Waals surface area (Å²) in [5.41, 5.74) is 0. The van der Waals surface area contributed by atoms with Crippen molar-refractivity contribution in [1.82, 2.24) is 5.32 Å². The molecule has 1 N–H and O–H groups in total. The van der Waals surface area contributed by atoms with Gasteiger partial charge in [0.05, 0.1) is 12.2 Å². The van der Waals surface area contributed by atoms with Crippen molar-refractivity contribution < 1.29 is 4.74 Å². The summed E-state index contributed by atoms with van der Waals surface area (Å²) in [6.07, 6.45) is 11.2. The van der Waals surface area contributed by atoms with E-state index < -0.39 is 0 Å². The first-order chi connectivity index (χ1) is 8.38. The molecular weight excluding hydrogens is 210 g/mol. The predicted octanol–water partition coefficient (Wildman–Crippen LogP) is 2.58. The SMILES string of the molecule is C1CC(OC2C3CC4CC(C3)CC2C4)CCN1. The molecule has 1 heterocycles. The predicted molar refractivity (Wildman–Crippen MR) is 67.8 cm³/mol. The smallest absolute Gasteiger partial charge is 0.0635 e. The van der Waals surface area contributed by atoms with E-state index in [1.54, 1.807) is 6.42 Å². The molecular formula is C15H25NO. The summed E-state index contributed by atoms with van der Waals surface area (Å²) < 4.78 is 6.53. The third-order valence-corrected chi connectivity index (χ3v) is 5.78. The molecule has 1 aliphatic heterocycles. The van der Waals surface area contributed by atoms with E-state index in [4.69, 9.17) is 4.74 Å². The van der Waals surface area contributed by atoms with Gasteiger partial charge in [0.25, 0.3) is 0 Å². The Morgan fingerprint density at radius 2 is 1.35 bits per heavy atom. The molecule has 0 unspecified atom stereocenters. The maximum Gasteiger partial charge on any atom is 0.0635 e. The molecule has 2 heteroatoms. The number of rotatable bonds is 2. The van der Waals surface area contributed by atoms with E-state index in [0.29, 0.717) is 12.2 Å². The summed E-state index contributed by atoms with van der Waals surface area (Å²) in [4.78, 5) is 0. The Morgan fingerprint density at radius 3 is 1.94 bits per heavy atom. The quantitative estimate of drug-likeness (QED) is 0.794. The van der Waals surface area contributed by atoms with Crippen LogP contribution in [-0.4, -0.2) is 25.3 Å². The highest BCUT2D eigenvalue weighted by Gasteiger charge is 2.49. The Hall–Kier alpha value is -0.0800. The second-order valence-corrected chi connectivity index (χ2v) is 6.98. The zero-order valence-electron chi connectivity index (χ0n) is 10.7. The molecule has 0 aromatic rings. The second-order valence-electron chi connectivity index (χ2n) is 6.98. The van der Waals surface area contributed by atoms with Gasteiger partial charge in [-0.25, -0.2) is 0 Å². The molecule has 5 rings (SSSR count). The zero-order valence-corrected chi connectivity index (χ0v) is 10.7. The molecule has 0 atom stereocenters. The summed E-state index contributed by atoms with van der Waals surface area (Å²) in [6, 6.07) is 0. The van der Waals surface area contributed by atoms with Gasteiger partial charge in [0.1, 0.15) is 0 Å². The van der Waals surface area contributed by atoms with E-state index in [1.165, 1.54) is 38.5 Å². The molecule has 4 aliphatic carbocycles. The fourth-order valence-corrected chi connectivity index (χ4v) is 5.25. The Kier molecular flexibility index (Phi) is 2.69. The third-order valence-electron chi connectivity index (χ3n) is 5.78. The Labute approximate surface area is 104 Å². The van der Waals surface area contributed by atoms with Gasteiger partial charge in [0.15, 0.2) is 0 Å². The van der Waals surface area contributed by atoms with Crippen LogP contribution < -0.4 is 5.32 Å². The molecule has 0 amide bonds. The van der Waals surface area contributed by atoms with Gasteiger partial charge in [-0.15, -0.1) is 0 Å². The molecule has 4 saturated carbocycles. The number of piperidine rings is 1. The van der Waals surface area contributed by atoms with Crippen molar-refractivity contribution in [3.05, 3.63) is 0 Å². The maximum absolute atomic E-state index is 6.53. The van der Waals surface area contributed by atoms with Gasteiger partial charge in [-0.1, -0.05) is 0 Å². The van der Waals surface area contributed by atoms with Crippen molar-refractivity contribution in [2.45, 2.75) is 57.2 Å². The van der Waals surface area contributed by atoms with Crippen LogP contribution in [0, 0.1) is 23.7 Å². The van der Waals surface area contributed by atoms with Crippen molar-refractivity contribution in [3.63, 3.8) is 0 Å². The average Bonchev–Trinajstić information content (AvgIpc) is 2.34. The van der Waals surface area contributed by atoms with E-state index in [-0.39, 0.29) is 0 Å². The minimum atomic E-state index is 0.568. The fraction of sp³-hybridized carbons (Fsp3) is 1.00. The average molecular weight is 235 g/mol. The largest absolute Gasteiger partial charge is 0.374 e. The van der Waals surface area contributed by atoms with Crippen LogP contribution in [0.2, 0.25) is 0 Å². The van der Waals surface area contributed by atoms with E-state index in [9.17, 15) is 0 Å². The summed E-state index contributed by atoms with van der Waals surface area (Å²) >= 11 is 0. The Bertz CT molecular complexity index is 257. The zero-order chi connectivity index (χ0) is 11.2. The number of ether oxygens (including phenoxy) is 1. The van der Waals surface area contributed by atoms with Crippen LogP contribution in [0.1, 0.15) is 44.9 Å². The van der Waals surface area contributed by atoms with Crippen LogP contribution >= 0.6 is 0 Å². The van der Waals surface area contributed by atoms with Gasteiger partial charge in [-0.05, 0) is 81.7 Å². The maximum atomic E-state index is 6.53. The molecule has 5 fully saturated rings. The summed E-state index contributed by atoms with van der Waals surface area (Å²) in [6.45, 7) is 2.33. The van der Waals surface area contributed by atoms with Gasteiger partial charge >= 0.3 is 0 Å². The van der Waals surface area contributed by atoms with Crippen molar-refractivity contribution in [2.24, 2.45) is 23.7 Å². The normalized spacial score (nSPS) is 49.8. The standard InChI is InChI=1S/C15H25NO/c1-3-16-4-2-14(1)17-15-12-6-10-5-11(8-12)9-13(15)7-10/h10-16H,1-9H2. The van der Waals surface area contributed by atoms with Crippen LogP contribution in [0.25, 0.3) is 0 Å². The summed E-state index contributed by atoms with van der Waals surface area (Å²) in [5, 5.41) is 3.44. The van der Waals surface area contributed by atoms with Gasteiger partial charge in [-0.3, -0.25) is 0 Å². The molecule has 2 nitrogen and oxygen atoms in total. The topological polar surface area (TPSA) is 21.3 Å². The molecule has 4 bridgehead atoms. The van der Waals surface area contributed by atoms with E-state index in [0.717, 1.165) is 36.8 Å². The van der Waals surface area contributed by atoms with Crippen LogP contribution in [0.4, 0.5) is 0 Å². The van der Waals surface area contributed by atoms with Gasteiger partial charge < -0.3 is 10.1 Å². The monoisotopic (exact) mass is 235 g/mol. The molecule has 5 aliphatic rings. The highest BCUT2D eigenvalue weighted by Crippen LogP contribution is 2.54. The lowest BCUT2D eigenvalue weighted by atomic mass is 9.55. The molecule has 17 heavy (non-hydrogen) atoms. The highest BCUT2D eigenvalue weighted by atomic mass is 16.5. The van der Waals surface area contributed by atoms with Gasteiger partial charge in [0, 0.05) is 0 Å². The summed E-state index contributed by atoms with van der Waals surface area (Å²) in [7, 11) is 0. The first-order valence-corrected chi connectivity index (χ1v) is 7.74. The molecule has 96 valence electrons. The van der Waals surface area contributed by atoms with Crippen molar-refractivity contribution in [2.75, 3.05) is 13.1 Å². The number of hydrogen-bond acceptors (Lipinski definition) is 2. The van der Waals surface area contributed by atoms with Crippen LogP contribution in [0.5, 0.6) is 0 Å². The van der Waals surface area contributed by atoms with Crippen molar-refractivity contribution >= 4 is 0 Å². The van der Waals surface area contributed by atoms with E-state index in [2.05, 4.69) is 5.32 Å². The van der Waals surface area contributed by atoms with Crippen molar-refractivity contribution in [3.8, 4) is 0 Å². The van der Waals surface area contributed by atoms with Gasteiger partial charge in [-0.2, -0.15) is 0 Å². The van der Waals surface area contributed by atoms with Gasteiger partial charge in [0.2, 0.25) is 0 Å². The lowest BCUT2D eigenvalue weighted by Crippen LogP contribution is -2.51. The first kappa shape index (κ1) is 10.8. The Balaban J connectivity index is 1.43. The number of nitrogens with one attached hydrogen (secondary N) is 1. The van der Waals surface area contributed by atoms with E-state index in [1.807, 2.05) is 0 Å². The van der Waals surface area contributed by atoms with Crippen LogP contribution in [0.3, 0.4) is 0 Å². The summed E-state index contributed by atoms with van der Waals surface area (Å²) in [5.74, 6) is 4.01. The second kappa shape index (κ2) is 4.24. The fourth-order valence-electron chi connectivity index (χ4n) is 5.25. The molecule has 0 spiro atoms. The third kappa shape index (κ3) is 1.94. The molecule has 0 aromatic carbocycles. The molecule has 1 saturated heterocycles. The minimum absolute atomic E-state index is 0.568. The molecule has 0 radical (unpaired) electrons. The first-order valence-electron chi connectivity index (χ1n) is 7.74. The Morgan fingerprint density at radius 1 is 0.765 bits per heavy atom.